The van der Waals surface area contributed by atoms with E-state index >= 15 is 0 Å². The molecule has 0 unspecified atom stereocenters. The minimum atomic E-state index is -1.08. The van der Waals surface area contributed by atoms with Crippen LogP contribution < -0.4 is 0 Å². The fraction of sp³-hybridized carbons (Fsp3) is 0.143. The van der Waals surface area contributed by atoms with E-state index in [4.69, 9.17) is 0 Å². The van der Waals surface area contributed by atoms with Crippen LogP contribution in [0.4, 0.5) is 0 Å². The number of benzene rings is 1. The molecule has 0 fully saturated rings. The van der Waals surface area contributed by atoms with Crippen LogP contribution in [0.3, 0.4) is 0 Å². The molecule has 0 aromatic heterocycles. The molecule has 6 nitrogen and oxygen atoms in total. The first-order valence-electron chi connectivity index (χ1n) is 5.52. The predicted molar refractivity (Wildman–Crippen MR) is 67.9 cm³/mol. The van der Waals surface area contributed by atoms with Crippen molar-refractivity contribution in [1.82, 2.24) is 0 Å². The Bertz CT molecular complexity index is 571. The maximum atomic E-state index is 12.2. The molecular formula is C14H12O6. The lowest BCUT2D eigenvalue weighted by atomic mass is 9.99. The number of Topliss-reactive ketones (excluding diaryl/α,β-unsaturated/α-hetero) is 1. The van der Waals surface area contributed by atoms with Crippen LogP contribution in [0.1, 0.15) is 10.4 Å². The normalized spacial score (nSPS) is 11.1. The fourth-order valence-electron chi connectivity index (χ4n) is 1.48. The molecule has 0 aliphatic carbocycles. The predicted octanol–water partition coefficient (Wildman–Crippen LogP) is 0.711. The lowest BCUT2D eigenvalue weighted by molar-refractivity contribution is -0.139. The molecule has 0 N–H and O–H groups in total. The SMILES string of the molecule is COC(=O)/C(C=O)=C(\C(=O)OC)C(=O)c1ccccc1. The molecule has 0 heterocycles. The number of hydrogen-bond donors (Lipinski definition) is 0. The summed E-state index contributed by atoms with van der Waals surface area (Å²) in [5.41, 5.74) is -1.18. The molecule has 104 valence electrons. The number of aldehydes is 1. The first kappa shape index (κ1) is 15.3. The maximum Gasteiger partial charge on any atom is 0.342 e. The molecule has 0 bridgehead atoms. The van der Waals surface area contributed by atoms with Crippen molar-refractivity contribution in [2.24, 2.45) is 0 Å². The van der Waals surface area contributed by atoms with Crippen LogP contribution in [-0.4, -0.2) is 38.2 Å². The van der Waals surface area contributed by atoms with E-state index in [2.05, 4.69) is 9.47 Å². The average Bonchev–Trinajstić information content (AvgIpc) is 2.51. The molecule has 0 aliphatic heterocycles. The number of methoxy groups -OCH3 is 2. The quantitative estimate of drug-likeness (QED) is 0.196. The molecule has 0 aliphatic rings. The van der Waals surface area contributed by atoms with Crippen molar-refractivity contribution in [2.75, 3.05) is 14.2 Å². The molecule has 1 aromatic carbocycles. The Labute approximate surface area is 115 Å². The summed E-state index contributed by atoms with van der Waals surface area (Å²) in [5.74, 6) is -2.94. The third-order valence-corrected chi connectivity index (χ3v) is 2.45. The second-order valence-corrected chi connectivity index (χ2v) is 3.58. The summed E-state index contributed by atoms with van der Waals surface area (Å²) < 4.78 is 8.83. The highest BCUT2D eigenvalue weighted by atomic mass is 16.5. The molecule has 0 radical (unpaired) electrons. The van der Waals surface area contributed by atoms with Gasteiger partial charge < -0.3 is 9.47 Å². The highest BCUT2D eigenvalue weighted by molar-refractivity contribution is 6.31. The molecule has 20 heavy (non-hydrogen) atoms. The lowest BCUT2D eigenvalue weighted by Gasteiger charge is -2.07. The first-order chi connectivity index (χ1) is 9.56. The average molecular weight is 276 g/mol. The Kier molecular flexibility index (Phi) is 5.34. The maximum absolute atomic E-state index is 12.2. The third kappa shape index (κ3) is 3.17. The van der Waals surface area contributed by atoms with Crippen molar-refractivity contribution >= 4 is 24.0 Å². The standard InChI is InChI=1S/C14H12O6/c1-19-13(17)10(8-15)11(14(18)20-2)12(16)9-6-4-3-5-7-9/h3-8H,1-2H3/b11-10-. The largest absolute Gasteiger partial charge is 0.465 e. The summed E-state index contributed by atoms with van der Waals surface area (Å²) >= 11 is 0. The van der Waals surface area contributed by atoms with Gasteiger partial charge in [0.2, 0.25) is 5.78 Å². The molecule has 0 saturated carbocycles. The van der Waals surface area contributed by atoms with Crippen LogP contribution in [0.15, 0.2) is 41.5 Å². The molecule has 1 rings (SSSR count). The summed E-state index contributed by atoms with van der Waals surface area (Å²) in [7, 11) is 2.08. The summed E-state index contributed by atoms with van der Waals surface area (Å²) in [6, 6.07) is 7.75. The highest BCUT2D eigenvalue weighted by Crippen LogP contribution is 2.14. The van der Waals surface area contributed by atoms with E-state index in [-0.39, 0.29) is 11.8 Å². The molecular weight excluding hydrogens is 264 g/mol. The second kappa shape index (κ2) is 6.98. The first-order valence-corrected chi connectivity index (χ1v) is 5.52. The molecule has 0 atom stereocenters. The van der Waals surface area contributed by atoms with Gasteiger partial charge in [0.05, 0.1) is 14.2 Å². The van der Waals surface area contributed by atoms with Gasteiger partial charge in [-0.3, -0.25) is 9.59 Å². The fourth-order valence-corrected chi connectivity index (χ4v) is 1.48. The molecule has 0 saturated heterocycles. The van der Waals surface area contributed by atoms with Crippen LogP contribution in [0.2, 0.25) is 0 Å². The van der Waals surface area contributed by atoms with E-state index in [1.54, 1.807) is 18.2 Å². The van der Waals surface area contributed by atoms with Gasteiger partial charge in [0.25, 0.3) is 0 Å². The second-order valence-electron chi connectivity index (χ2n) is 3.58. The van der Waals surface area contributed by atoms with Gasteiger partial charge in [-0.1, -0.05) is 30.3 Å². The van der Waals surface area contributed by atoms with Crippen molar-refractivity contribution in [3.05, 3.63) is 47.0 Å². The zero-order chi connectivity index (χ0) is 15.1. The Hall–Kier alpha value is -2.76. The summed E-state index contributed by atoms with van der Waals surface area (Å²) in [6.45, 7) is 0. The van der Waals surface area contributed by atoms with Crippen LogP contribution >= 0.6 is 0 Å². The minimum absolute atomic E-state index is 0.0962. The van der Waals surface area contributed by atoms with Gasteiger partial charge >= 0.3 is 11.9 Å². The Balaban J connectivity index is 3.44. The number of hydrogen-bond acceptors (Lipinski definition) is 6. The van der Waals surface area contributed by atoms with Gasteiger partial charge in [0, 0.05) is 5.56 Å². The highest BCUT2D eigenvalue weighted by Gasteiger charge is 2.29. The van der Waals surface area contributed by atoms with Gasteiger partial charge in [0.15, 0.2) is 6.29 Å². The number of ether oxygens (including phenoxy) is 2. The summed E-state index contributed by atoms with van der Waals surface area (Å²) in [6.07, 6.45) is 0.0962. The van der Waals surface area contributed by atoms with Crippen molar-refractivity contribution in [3.8, 4) is 0 Å². The number of carbonyl (C=O) groups is 4. The van der Waals surface area contributed by atoms with Gasteiger partial charge in [-0.25, -0.2) is 9.59 Å². The van der Waals surface area contributed by atoms with Crippen LogP contribution in [-0.2, 0) is 23.9 Å². The van der Waals surface area contributed by atoms with Crippen LogP contribution in [0.5, 0.6) is 0 Å². The zero-order valence-electron chi connectivity index (χ0n) is 10.9. The van der Waals surface area contributed by atoms with Crippen LogP contribution in [0.25, 0.3) is 0 Å². The number of esters is 2. The number of carbonyl (C=O) groups excluding carboxylic acids is 4. The lowest BCUT2D eigenvalue weighted by Crippen LogP contribution is -2.22. The van der Waals surface area contributed by atoms with E-state index < -0.39 is 28.9 Å². The van der Waals surface area contributed by atoms with Gasteiger partial charge in [-0.2, -0.15) is 0 Å². The zero-order valence-corrected chi connectivity index (χ0v) is 10.9. The summed E-state index contributed by atoms with van der Waals surface area (Å²) in [5, 5.41) is 0. The molecule has 0 spiro atoms. The number of rotatable bonds is 5. The minimum Gasteiger partial charge on any atom is -0.465 e. The van der Waals surface area contributed by atoms with Crippen LogP contribution in [0, 0.1) is 0 Å². The Morgan fingerprint density at radius 2 is 1.50 bits per heavy atom. The van der Waals surface area contributed by atoms with E-state index in [1.165, 1.54) is 12.1 Å². The number of ketones is 1. The topological polar surface area (TPSA) is 86.7 Å². The van der Waals surface area contributed by atoms with E-state index in [0.717, 1.165) is 14.2 Å². The molecule has 0 amide bonds. The van der Waals surface area contributed by atoms with E-state index in [0.29, 0.717) is 0 Å². The monoisotopic (exact) mass is 276 g/mol. The third-order valence-electron chi connectivity index (χ3n) is 2.45. The van der Waals surface area contributed by atoms with E-state index in [1.807, 2.05) is 0 Å². The van der Waals surface area contributed by atoms with Crippen molar-refractivity contribution < 1.29 is 28.7 Å². The Morgan fingerprint density at radius 1 is 0.950 bits per heavy atom. The molecule has 1 aromatic rings. The Morgan fingerprint density at radius 3 is 1.95 bits per heavy atom. The van der Waals surface area contributed by atoms with Gasteiger partial charge in [-0.15, -0.1) is 0 Å². The smallest absolute Gasteiger partial charge is 0.342 e. The van der Waals surface area contributed by atoms with Crippen molar-refractivity contribution in [2.45, 2.75) is 0 Å². The van der Waals surface area contributed by atoms with Crippen molar-refractivity contribution in [1.29, 1.82) is 0 Å². The van der Waals surface area contributed by atoms with Gasteiger partial charge in [0.1, 0.15) is 11.1 Å². The van der Waals surface area contributed by atoms with Gasteiger partial charge in [-0.05, 0) is 0 Å². The van der Waals surface area contributed by atoms with E-state index in [9.17, 15) is 19.2 Å². The molecule has 6 heteroatoms. The van der Waals surface area contributed by atoms with Crippen molar-refractivity contribution in [3.63, 3.8) is 0 Å². The summed E-state index contributed by atoms with van der Waals surface area (Å²) in [4.78, 5) is 46.4.